The number of anilines is 2. The lowest BCUT2D eigenvalue weighted by atomic mass is 10.1. The maximum absolute atomic E-state index is 13.2. The van der Waals surface area contributed by atoms with Crippen LogP contribution < -0.4 is 16.1 Å². The van der Waals surface area contributed by atoms with Crippen LogP contribution in [0.2, 0.25) is 5.02 Å². The number of ether oxygens (including phenoxy) is 1. The third kappa shape index (κ3) is 3.36. The Kier molecular flexibility index (Phi) is 5.23. The molecule has 9 heteroatoms. The van der Waals surface area contributed by atoms with Crippen molar-refractivity contribution in [1.82, 2.24) is 18.7 Å². The van der Waals surface area contributed by atoms with Gasteiger partial charge in [0, 0.05) is 37.5 Å². The molecule has 3 aromatic rings. The van der Waals surface area contributed by atoms with E-state index in [4.69, 9.17) is 21.3 Å². The van der Waals surface area contributed by atoms with E-state index in [1.54, 1.807) is 7.05 Å². The number of aromatic nitrogens is 4. The highest BCUT2D eigenvalue weighted by Crippen LogP contribution is 2.33. The minimum Gasteiger partial charge on any atom is -0.380 e. The van der Waals surface area contributed by atoms with Gasteiger partial charge in [-0.05, 0) is 37.1 Å². The number of fused-ring (bicyclic) bond motifs is 3. The van der Waals surface area contributed by atoms with Crippen LogP contribution in [0.1, 0.15) is 13.8 Å². The Morgan fingerprint density at radius 3 is 2.62 bits per heavy atom. The van der Waals surface area contributed by atoms with Crippen molar-refractivity contribution < 1.29 is 4.74 Å². The van der Waals surface area contributed by atoms with E-state index in [1.165, 1.54) is 9.13 Å². The molecule has 0 unspecified atom stereocenters. The monoisotopic (exact) mass is 417 g/mol. The highest BCUT2D eigenvalue weighted by Gasteiger charge is 2.29. The van der Waals surface area contributed by atoms with Crippen molar-refractivity contribution in [3.8, 4) is 0 Å². The first-order valence-corrected chi connectivity index (χ1v) is 10.1. The highest BCUT2D eigenvalue weighted by molar-refractivity contribution is 6.30. The van der Waals surface area contributed by atoms with Gasteiger partial charge in [-0.2, -0.15) is 4.98 Å². The second kappa shape index (κ2) is 7.68. The lowest BCUT2D eigenvalue weighted by Gasteiger charge is -2.33. The normalized spacial score (nSPS) is 16.4. The molecule has 0 spiro atoms. The number of aryl methyl sites for hydroxylation is 1. The molecule has 0 bridgehead atoms. The van der Waals surface area contributed by atoms with Crippen molar-refractivity contribution in [3.63, 3.8) is 0 Å². The minimum atomic E-state index is -0.385. The topological polar surface area (TPSA) is 74.3 Å². The van der Waals surface area contributed by atoms with Gasteiger partial charge in [0.05, 0.1) is 13.2 Å². The van der Waals surface area contributed by atoms with Gasteiger partial charge in [-0.1, -0.05) is 18.5 Å². The molecule has 8 nitrogen and oxygen atoms in total. The summed E-state index contributed by atoms with van der Waals surface area (Å²) in [5, 5.41) is 0.659. The van der Waals surface area contributed by atoms with Crippen molar-refractivity contribution in [2.24, 2.45) is 13.0 Å². The fraction of sp³-hybridized carbons (Fsp3) is 0.450. The lowest BCUT2D eigenvalue weighted by Crippen LogP contribution is -2.41. The van der Waals surface area contributed by atoms with Crippen LogP contribution in [-0.4, -0.2) is 38.4 Å². The summed E-state index contributed by atoms with van der Waals surface area (Å²) in [6.45, 7) is 6.49. The van der Waals surface area contributed by atoms with Crippen molar-refractivity contribution >= 4 is 34.4 Å². The van der Waals surface area contributed by atoms with Crippen molar-refractivity contribution in [2.45, 2.75) is 26.9 Å². The van der Waals surface area contributed by atoms with E-state index < -0.39 is 0 Å². The number of hydrogen-bond donors (Lipinski definition) is 0. The first-order valence-electron chi connectivity index (χ1n) is 9.73. The van der Waals surface area contributed by atoms with Gasteiger partial charge in [0.2, 0.25) is 5.95 Å². The summed E-state index contributed by atoms with van der Waals surface area (Å²) in [4.78, 5) is 32.7. The molecule has 0 N–H and O–H groups in total. The van der Waals surface area contributed by atoms with Crippen LogP contribution in [0, 0.1) is 5.92 Å². The third-order valence-electron chi connectivity index (χ3n) is 5.24. The highest BCUT2D eigenvalue weighted by atomic mass is 35.5. The van der Waals surface area contributed by atoms with Gasteiger partial charge in [0.25, 0.3) is 5.56 Å². The molecule has 2 aromatic heterocycles. The van der Waals surface area contributed by atoms with Crippen LogP contribution in [0.5, 0.6) is 0 Å². The van der Waals surface area contributed by atoms with Crippen molar-refractivity contribution in [2.75, 3.05) is 24.7 Å². The standard InChI is InChI=1S/C20H24ClN5O3/c1-4-29-10-9-24-18(27)16-17(23(3)20(24)28)22-19-25(11-13(2)12-26(16)19)15-7-5-14(21)6-8-15/h5-8,13H,4,9-12H2,1-3H3/t13-/m0/s1. The molecule has 0 radical (unpaired) electrons. The molecular formula is C20H24ClN5O3. The molecule has 154 valence electrons. The Bertz CT molecular complexity index is 1160. The number of halogens is 1. The molecule has 3 heterocycles. The van der Waals surface area contributed by atoms with Gasteiger partial charge in [-0.3, -0.25) is 13.9 Å². The molecule has 1 atom stereocenters. The Balaban J connectivity index is 1.91. The molecule has 1 aliphatic rings. The number of benzene rings is 1. The van der Waals surface area contributed by atoms with Crippen LogP contribution >= 0.6 is 11.6 Å². The van der Waals surface area contributed by atoms with E-state index in [0.29, 0.717) is 47.8 Å². The van der Waals surface area contributed by atoms with Crippen LogP contribution in [0.25, 0.3) is 11.2 Å². The van der Waals surface area contributed by atoms with Gasteiger partial charge in [-0.15, -0.1) is 0 Å². The number of rotatable bonds is 5. The number of nitrogens with zero attached hydrogens (tertiary/aromatic N) is 5. The predicted molar refractivity (Wildman–Crippen MR) is 113 cm³/mol. The molecule has 1 aromatic carbocycles. The fourth-order valence-electron chi connectivity index (χ4n) is 3.84. The number of hydrogen-bond acceptors (Lipinski definition) is 5. The Hall–Kier alpha value is -2.58. The van der Waals surface area contributed by atoms with E-state index in [-0.39, 0.29) is 17.8 Å². The fourth-order valence-corrected chi connectivity index (χ4v) is 3.97. The average molecular weight is 418 g/mol. The summed E-state index contributed by atoms with van der Waals surface area (Å²) in [6.07, 6.45) is 0. The largest absolute Gasteiger partial charge is 0.380 e. The van der Waals surface area contributed by atoms with E-state index in [9.17, 15) is 9.59 Å². The molecule has 0 aliphatic carbocycles. The van der Waals surface area contributed by atoms with Crippen LogP contribution in [0.3, 0.4) is 0 Å². The first-order chi connectivity index (χ1) is 13.9. The van der Waals surface area contributed by atoms with Gasteiger partial charge in [0.1, 0.15) is 0 Å². The van der Waals surface area contributed by atoms with Gasteiger partial charge in [-0.25, -0.2) is 4.79 Å². The van der Waals surface area contributed by atoms with Gasteiger partial charge in [0.15, 0.2) is 11.2 Å². The summed E-state index contributed by atoms with van der Waals surface area (Å²) in [6, 6.07) is 7.53. The van der Waals surface area contributed by atoms with Crippen LogP contribution in [0.4, 0.5) is 11.6 Å². The smallest absolute Gasteiger partial charge is 0.332 e. The summed E-state index contributed by atoms with van der Waals surface area (Å²) >= 11 is 6.04. The lowest BCUT2D eigenvalue weighted by molar-refractivity contribution is 0.137. The Morgan fingerprint density at radius 1 is 1.21 bits per heavy atom. The first kappa shape index (κ1) is 19.7. The zero-order valence-electron chi connectivity index (χ0n) is 16.8. The zero-order chi connectivity index (χ0) is 20.7. The maximum Gasteiger partial charge on any atom is 0.332 e. The van der Waals surface area contributed by atoms with E-state index in [2.05, 4.69) is 11.8 Å². The molecule has 29 heavy (non-hydrogen) atoms. The molecule has 1 aliphatic heterocycles. The molecule has 0 fully saturated rings. The Morgan fingerprint density at radius 2 is 1.93 bits per heavy atom. The zero-order valence-corrected chi connectivity index (χ0v) is 17.5. The van der Waals surface area contributed by atoms with E-state index >= 15 is 0 Å². The molecule has 0 saturated carbocycles. The van der Waals surface area contributed by atoms with Crippen molar-refractivity contribution in [3.05, 3.63) is 50.1 Å². The number of imidazole rings is 1. The molecule has 4 rings (SSSR count). The third-order valence-corrected chi connectivity index (χ3v) is 5.50. The maximum atomic E-state index is 13.2. The van der Waals surface area contributed by atoms with Crippen molar-refractivity contribution in [1.29, 1.82) is 0 Å². The summed E-state index contributed by atoms with van der Waals surface area (Å²) < 4.78 is 9.95. The van der Waals surface area contributed by atoms with Crippen LogP contribution in [0.15, 0.2) is 33.9 Å². The summed E-state index contributed by atoms with van der Waals surface area (Å²) in [5.74, 6) is 0.958. The van der Waals surface area contributed by atoms with Crippen LogP contribution in [-0.2, 0) is 24.9 Å². The summed E-state index contributed by atoms with van der Waals surface area (Å²) in [5.41, 5.74) is 1.08. The molecule has 0 amide bonds. The predicted octanol–water partition coefficient (Wildman–Crippen LogP) is 2.37. The quantitative estimate of drug-likeness (QED) is 0.596. The van der Waals surface area contributed by atoms with Gasteiger partial charge >= 0.3 is 5.69 Å². The summed E-state index contributed by atoms with van der Waals surface area (Å²) in [7, 11) is 1.65. The average Bonchev–Trinajstić information content (AvgIpc) is 3.08. The minimum absolute atomic E-state index is 0.215. The molecule has 0 saturated heterocycles. The SMILES string of the molecule is CCOCCn1c(=O)c2c(nc3n2C[C@@H](C)CN3c2ccc(Cl)cc2)n(C)c1=O. The Labute approximate surface area is 172 Å². The second-order valence-corrected chi connectivity index (χ2v) is 7.82. The molecular weight excluding hydrogens is 394 g/mol. The van der Waals surface area contributed by atoms with Gasteiger partial charge < -0.3 is 14.2 Å². The second-order valence-electron chi connectivity index (χ2n) is 7.38. The van der Waals surface area contributed by atoms with E-state index in [1.807, 2.05) is 35.8 Å². The van der Waals surface area contributed by atoms with E-state index in [0.717, 1.165) is 12.2 Å².